The zero-order valence-electron chi connectivity index (χ0n) is 13.2. The van der Waals surface area contributed by atoms with Gasteiger partial charge in [0.25, 0.3) is 0 Å². The van der Waals surface area contributed by atoms with Gasteiger partial charge in [0.05, 0.1) is 6.54 Å². The average Bonchev–Trinajstić information content (AvgIpc) is 2.94. The van der Waals surface area contributed by atoms with Crippen LogP contribution in [0.15, 0.2) is 22.6 Å². The number of piperazine rings is 1. The van der Waals surface area contributed by atoms with E-state index in [2.05, 4.69) is 15.2 Å². The maximum absolute atomic E-state index is 11.9. The monoisotopic (exact) mass is 336 g/mol. The molecule has 0 saturated carbocycles. The number of hydrogen-bond acceptors (Lipinski definition) is 4. The van der Waals surface area contributed by atoms with Crippen LogP contribution in [0.25, 0.3) is 11.1 Å². The minimum atomic E-state index is 0.0306. The van der Waals surface area contributed by atoms with E-state index in [1.165, 1.54) is 0 Å². The molecule has 23 heavy (non-hydrogen) atoms. The predicted octanol–water partition coefficient (Wildman–Crippen LogP) is 2.72. The molecule has 3 rings (SSSR count). The molecule has 1 N–H and O–H groups in total. The number of rotatable bonds is 4. The average molecular weight is 337 g/mol. The van der Waals surface area contributed by atoms with Gasteiger partial charge in [0.1, 0.15) is 5.52 Å². The second kappa shape index (κ2) is 7.19. The number of benzene rings is 1. The summed E-state index contributed by atoms with van der Waals surface area (Å²) in [7, 11) is 0. The van der Waals surface area contributed by atoms with Crippen molar-refractivity contribution in [1.29, 1.82) is 0 Å². The van der Waals surface area contributed by atoms with Crippen LogP contribution in [0.3, 0.4) is 0 Å². The number of hydrogen-bond donors (Lipinski definition) is 1. The lowest BCUT2D eigenvalue weighted by Crippen LogP contribution is -2.51. The molecule has 1 aromatic carbocycles. The van der Waals surface area contributed by atoms with Crippen molar-refractivity contribution in [3.8, 4) is 0 Å². The van der Waals surface area contributed by atoms with Crippen LogP contribution in [0.4, 0.5) is 4.79 Å². The number of oxazole rings is 1. The third-order valence-corrected chi connectivity index (χ3v) is 4.17. The quantitative estimate of drug-likeness (QED) is 0.932. The normalized spacial score (nSPS) is 16.0. The number of aromatic nitrogens is 1. The van der Waals surface area contributed by atoms with E-state index < -0.39 is 0 Å². The molecule has 0 atom stereocenters. The van der Waals surface area contributed by atoms with Gasteiger partial charge in [0.15, 0.2) is 5.58 Å². The molecule has 124 valence electrons. The predicted molar refractivity (Wildman–Crippen MR) is 89.6 cm³/mol. The smallest absolute Gasteiger partial charge is 0.317 e. The Kier molecular flexibility index (Phi) is 5.03. The Hall–Kier alpha value is -1.79. The molecule has 1 saturated heterocycles. The molecule has 6 nitrogen and oxygen atoms in total. The zero-order valence-corrected chi connectivity index (χ0v) is 14.0. The van der Waals surface area contributed by atoms with E-state index >= 15 is 0 Å². The molecule has 0 unspecified atom stereocenters. The summed E-state index contributed by atoms with van der Waals surface area (Å²) in [6.45, 7) is 6.51. The first kappa shape index (κ1) is 16.1. The molecule has 0 aliphatic carbocycles. The Morgan fingerprint density at radius 1 is 1.35 bits per heavy atom. The van der Waals surface area contributed by atoms with Gasteiger partial charge in [-0.2, -0.15) is 0 Å². The number of urea groups is 1. The SMILES string of the molecule is CCCNC(=O)N1CCN(Cc2nc3cc(Cl)ccc3o2)CC1. The maximum Gasteiger partial charge on any atom is 0.317 e. The first-order chi connectivity index (χ1) is 11.2. The summed E-state index contributed by atoms with van der Waals surface area (Å²) in [5, 5.41) is 3.57. The van der Waals surface area contributed by atoms with Crippen LogP contribution in [0.1, 0.15) is 19.2 Å². The van der Waals surface area contributed by atoms with E-state index in [9.17, 15) is 4.79 Å². The van der Waals surface area contributed by atoms with Crippen molar-refractivity contribution in [1.82, 2.24) is 20.1 Å². The van der Waals surface area contributed by atoms with Crippen molar-refractivity contribution in [3.05, 3.63) is 29.1 Å². The van der Waals surface area contributed by atoms with Crippen LogP contribution < -0.4 is 5.32 Å². The van der Waals surface area contributed by atoms with Crippen LogP contribution >= 0.6 is 11.6 Å². The van der Waals surface area contributed by atoms with E-state index in [4.69, 9.17) is 16.0 Å². The molecular formula is C16H21ClN4O2. The van der Waals surface area contributed by atoms with Crippen molar-refractivity contribution >= 4 is 28.7 Å². The van der Waals surface area contributed by atoms with E-state index in [1.54, 1.807) is 12.1 Å². The molecule has 1 aliphatic heterocycles. The van der Waals surface area contributed by atoms with E-state index in [-0.39, 0.29) is 6.03 Å². The second-order valence-corrected chi connectivity index (χ2v) is 6.15. The van der Waals surface area contributed by atoms with E-state index in [1.807, 2.05) is 17.9 Å². The lowest BCUT2D eigenvalue weighted by molar-refractivity contribution is 0.129. The van der Waals surface area contributed by atoms with Gasteiger partial charge in [0.2, 0.25) is 5.89 Å². The van der Waals surface area contributed by atoms with Crippen molar-refractivity contribution in [2.75, 3.05) is 32.7 Å². The fraction of sp³-hybridized carbons (Fsp3) is 0.500. The van der Waals surface area contributed by atoms with Gasteiger partial charge in [-0.15, -0.1) is 0 Å². The molecule has 1 fully saturated rings. The molecule has 0 spiro atoms. The van der Waals surface area contributed by atoms with Gasteiger partial charge >= 0.3 is 6.03 Å². The molecular weight excluding hydrogens is 316 g/mol. The zero-order chi connectivity index (χ0) is 16.2. The van der Waals surface area contributed by atoms with Crippen molar-refractivity contribution in [2.24, 2.45) is 0 Å². The maximum atomic E-state index is 11.9. The number of amides is 2. The summed E-state index contributed by atoms with van der Waals surface area (Å²) in [5.41, 5.74) is 1.53. The molecule has 1 aliphatic rings. The summed E-state index contributed by atoms with van der Waals surface area (Å²) in [5.74, 6) is 0.686. The summed E-state index contributed by atoms with van der Waals surface area (Å²) < 4.78 is 5.75. The fourth-order valence-corrected chi connectivity index (χ4v) is 2.83. The number of halogens is 1. The van der Waals surface area contributed by atoms with Gasteiger partial charge < -0.3 is 14.6 Å². The third kappa shape index (κ3) is 3.95. The number of fused-ring (bicyclic) bond motifs is 1. The fourth-order valence-electron chi connectivity index (χ4n) is 2.66. The van der Waals surface area contributed by atoms with Gasteiger partial charge in [-0.25, -0.2) is 9.78 Å². The summed E-state index contributed by atoms with van der Waals surface area (Å²) in [4.78, 5) is 20.5. The number of carbonyl (C=O) groups is 1. The Morgan fingerprint density at radius 2 is 2.13 bits per heavy atom. The van der Waals surface area contributed by atoms with Gasteiger partial charge in [0, 0.05) is 37.7 Å². The van der Waals surface area contributed by atoms with Crippen molar-refractivity contribution < 1.29 is 9.21 Å². The minimum absolute atomic E-state index is 0.0306. The molecule has 0 radical (unpaired) electrons. The Bertz CT molecular complexity index is 680. The minimum Gasteiger partial charge on any atom is -0.439 e. The van der Waals surface area contributed by atoms with Crippen LogP contribution in [0, 0.1) is 0 Å². The highest BCUT2D eigenvalue weighted by Gasteiger charge is 2.22. The molecule has 2 amide bonds. The third-order valence-electron chi connectivity index (χ3n) is 3.94. The molecule has 2 aromatic rings. The highest BCUT2D eigenvalue weighted by atomic mass is 35.5. The highest BCUT2D eigenvalue weighted by Crippen LogP contribution is 2.21. The Labute approximate surface area is 140 Å². The van der Waals surface area contributed by atoms with Crippen molar-refractivity contribution in [3.63, 3.8) is 0 Å². The highest BCUT2D eigenvalue weighted by molar-refractivity contribution is 6.31. The van der Waals surface area contributed by atoms with E-state index in [0.717, 1.165) is 50.2 Å². The van der Waals surface area contributed by atoms with Crippen LogP contribution in [0.5, 0.6) is 0 Å². The molecule has 2 heterocycles. The summed E-state index contributed by atoms with van der Waals surface area (Å²) in [6.07, 6.45) is 0.952. The number of nitrogens with one attached hydrogen (secondary N) is 1. The number of nitrogens with zero attached hydrogens (tertiary/aromatic N) is 3. The molecule has 1 aromatic heterocycles. The summed E-state index contributed by atoms with van der Waals surface area (Å²) >= 11 is 5.97. The second-order valence-electron chi connectivity index (χ2n) is 5.71. The molecule has 7 heteroatoms. The first-order valence-electron chi connectivity index (χ1n) is 7.96. The first-order valence-corrected chi connectivity index (χ1v) is 8.33. The Balaban J connectivity index is 1.54. The van der Waals surface area contributed by atoms with Crippen molar-refractivity contribution in [2.45, 2.75) is 19.9 Å². The van der Waals surface area contributed by atoms with Crippen LogP contribution in [-0.2, 0) is 6.54 Å². The van der Waals surface area contributed by atoms with Gasteiger partial charge in [-0.3, -0.25) is 4.90 Å². The standard InChI is InChI=1S/C16H21ClN4O2/c1-2-5-18-16(22)21-8-6-20(7-9-21)11-15-19-13-10-12(17)3-4-14(13)23-15/h3-4,10H,2,5-9,11H2,1H3,(H,18,22). The number of carbonyl (C=O) groups excluding carboxylic acids is 1. The van der Waals surface area contributed by atoms with Crippen LogP contribution in [0.2, 0.25) is 5.02 Å². The van der Waals surface area contributed by atoms with Crippen LogP contribution in [-0.4, -0.2) is 53.5 Å². The van der Waals surface area contributed by atoms with E-state index in [0.29, 0.717) is 17.5 Å². The lowest BCUT2D eigenvalue weighted by Gasteiger charge is -2.33. The largest absolute Gasteiger partial charge is 0.439 e. The lowest BCUT2D eigenvalue weighted by atomic mass is 10.3. The topological polar surface area (TPSA) is 61.6 Å². The van der Waals surface area contributed by atoms with Gasteiger partial charge in [-0.05, 0) is 24.6 Å². The van der Waals surface area contributed by atoms with Gasteiger partial charge in [-0.1, -0.05) is 18.5 Å². The molecule has 0 bridgehead atoms. The Morgan fingerprint density at radius 3 is 2.87 bits per heavy atom. The summed E-state index contributed by atoms with van der Waals surface area (Å²) in [6, 6.07) is 5.47.